The van der Waals surface area contributed by atoms with Gasteiger partial charge in [-0.2, -0.15) is 4.73 Å². The van der Waals surface area contributed by atoms with Crippen molar-refractivity contribution in [3.63, 3.8) is 0 Å². The first-order valence-corrected chi connectivity index (χ1v) is 6.26. The molecule has 0 spiro atoms. The lowest BCUT2D eigenvalue weighted by Gasteiger charge is -2.11. The fourth-order valence-electron chi connectivity index (χ4n) is 2.09. The van der Waals surface area contributed by atoms with Crippen molar-refractivity contribution < 1.29 is 14.5 Å². The van der Waals surface area contributed by atoms with E-state index in [0.29, 0.717) is 11.5 Å². The molecule has 0 radical (unpaired) electrons. The second-order valence-electron chi connectivity index (χ2n) is 4.38. The van der Waals surface area contributed by atoms with E-state index in [1.807, 2.05) is 30.3 Å². The fraction of sp³-hybridized carbons (Fsp3) is 0.0667. The molecule has 21 heavy (non-hydrogen) atoms. The molecule has 0 aliphatic heterocycles. The summed E-state index contributed by atoms with van der Waals surface area (Å²) in [6.07, 6.45) is 1.78. The summed E-state index contributed by atoms with van der Waals surface area (Å²) in [5.74, 6) is 0.714. The van der Waals surface area contributed by atoms with E-state index in [0.717, 1.165) is 10.9 Å². The van der Waals surface area contributed by atoms with E-state index in [9.17, 15) is 10.1 Å². The Morgan fingerprint density at radius 2 is 1.90 bits per heavy atom. The van der Waals surface area contributed by atoms with Crippen LogP contribution in [0, 0.1) is 10.1 Å². The van der Waals surface area contributed by atoms with E-state index in [1.54, 1.807) is 10.9 Å². The van der Waals surface area contributed by atoms with Gasteiger partial charge in [0, 0.05) is 17.6 Å². The van der Waals surface area contributed by atoms with Crippen molar-refractivity contribution >= 4 is 16.6 Å². The molecule has 3 rings (SSSR count). The van der Waals surface area contributed by atoms with E-state index in [1.165, 1.54) is 25.3 Å². The number of rotatable bonds is 4. The van der Waals surface area contributed by atoms with Crippen molar-refractivity contribution in [2.24, 2.45) is 0 Å². The van der Waals surface area contributed by atoms with Gasteiger partial charge in [-0.15, -0.1) is 0 Å². The Bertz CT molecular complexity index is 810. The average molecular weight is 284 g/mol. The van der Waals surface area contributed by atoms with Crippen molar-refractivity contribution in [1.29, 1.82) is 0 Å². The summed E-state index contributed by atoms with van der Waals surface area (Å²) in [4.78, 5) is 16.1. The first-order chi connectivity index (χ1) is 10.2. The third-order valence-electron chi connectivity index (χ3n) is 3.12. The number of hydrogen-bond acceptors (Lipinski definition) is 4. The van der Waals surface area contributed by atoms with Crippen LogP contribution in [0.4, 0.5) is 5.69 Å². The highest BCUT2D eigenvalue weighted by atomic mass is 16.7. The average Bonchev–Trinajstić information content (AvgIpc) is 2.91. The molecule has 0 saturated heterocycles. The lowest BCUT2D eigenvalue weighted by molar-refractivity contribution is -0.385. The van der Waals surface area contributed by atoms with Crippen molar-refractivity contribution in [3.05, 3.63) is 64.8 Å². The number of ether oxygens (including phenoxy) is 1. The summed E-state index contributed by atoms with van der Waals surface area (Å²) in [6, 6.07) is 13.9. The smallest absolute Gasteiger partial charge is 0.273 e. The van der Waals surface area contributed by atoms with Crippen LogP contribution < -0.4 is 9.57 Å². The molecule has 6 heteroatoms. The van der Waals surface area contributed by atoms with Crippen molar-refractivity contribution in [2.75, 3.05) is 7.11 Å². The predicted octanol–water partition coefficient (Wildman–Crippen LogP) is 3.40. The minimum atomic E-state index is -0.475. The molecule has 0 aliphatic rings. The Morgan fingerprint density at radius 1 is 1.10 bits per heavy atom. The van der Waals surface area contributed by atoms with Crippen LogP contribution in [-0.4, -0.2) is 16.8 Å². The zero-order chi connectivity index (χ0) is 14.8. The summed E-state index contributed by atoms with van der Waals surface area (Å²) >= 11 is 0. The number of aromatic nitrogens is 1. The first kappa shape index (κ1) is 13.0. The summed E-state index contributed by atoms with van der Waals surface area (Å²) in [5.41, 5.74) is 0.856. The van der Waals surface area contributed by atoms with Gasteiger partial charge in [-0.05, 0) is 18.2 Å². The lowest BCUT2D eigenvalue weighted by Crippen LogP contribution is -2.04. The number of methoxy groups -OCH3 is 1. The van der Waals surface area contributed by atoms with Gasteiger partial charge in [0.15, 0.2) is 11.5 Å². The standard InChI is InChI=1S/C15H12N2O4/c1-20-15-10-12(17(18)19)6-7-14(15)21-16-9-8-11-4-2-3-5-13(11)16/h2-10H,1H3. The van der Waals surface area contributed by atoms with Crippen molar-refractivity contribution in [3.8, 4) is 11.5 Å². The third-order valence-corrected chi connectivity index (χ3v) is 3.12. The van der Waals surface area contributed by atoms with Crippen LogP contribution in [0.3, 0.4) is 0 Å². The largest absolute Gasteiger partial charge is 0.492 e. The quantitative estimate of drug-likeness (QED) is 0.544. The van der Waals surface area contributed by atoms with Gasteiger partial charge in [-0.1, -0.05) is 18.2 Å². The van der Waals surface area contributed by atoms with Gasteiger partial charge in [-0.25, -0.2) is 0 Å². The highest BCUT2D eigenvalue weighted by molar-refractivity contribution is 5.79. The third kappa shape index (κ3) is 2.38. The van der Waals surface area contributed by atoms with E-state index in [2.05, 4.69) is 0 Å². The maximum atomic E-state index is 10.8. The molecule has 2 aromatic carbocycles. The monoisotopic (exact) mass is 284 g/mol. The van der Waals surface area contributed by atoms with Crippen LogP contribution in [0.15, 0.2) is 54.7 Å². The Balaban J connectivity index is 1.99. The summed E-state index contributed by atoms with van der Waals surface area (Å²) in [7, 11) is 1.44. The first-order valence-electron chi connectivity index (χ1n) is 6.26. The molecular weight excluding hydrogens is 272 g/mol. The van der Waals surface area contributed by atoms with Crippen molar-refractivity contribution in [2.45, 2.75) is 0 Å². The topological polar surface area (TPSA) is 66.5 Å². The highest BCUT2D eigenvalue weighted by Gasteiger charge is 2.13. The molecule has 106 valence electrons. The second-order valence-corrected chi connectivity index (χ2v) is 4.38. The summed E-state index contributed by atoms with van der Waals surface area (Å²) in [6.45, 7) is 0. The molecule has 0 unspecified atom stereocenters. The van der Waals surface area contributed by atoms with Crippen LogP contribution in [0.5, 0.6) is 11.5 Å². The lowest BCUT2D eigenvalue weighted by atomic mass is 10.2. The Morgan fingerprint density at radius 3 is 2.67 bits per heavy atom. The molecule has 0 saturated carbocycles. The molecule has 1 heterocycles. The minimum absolute atomic E-state index is 0.0448. The number of hydrogen-bond donors (Lipinski definition) is 0. The van der Waals surface area contributed by atoms with Crippen LogP contribution in [-0.2, 0) is 0 Å². The normalized spacial score (nSPS) is 10.5. The van der Waals surface area contributed by atoms with Gasteiger partial charge in [0.2, 0.25) is 0 Å². The van der Waals surface area contributed by atoms with Crippen LogP contribution >= 0.6 is 0 Å². The number of nitro groups is 1. The van der Waals surface area contributed by atoms with Crippen molar-refractivity contribution in [1.82, 2.24) is 4.73 Å². The van der Waals surface area contributed by atoms with Gasteiger partial charge < -0.3 is 9.57 Å². The van der Waals surface area contributed by atoms with Crippen LogP contribution in [0.1, 0.15) is 0 Å². The van der Waals surface area contributed by atoms with E-state index < -0.39 is 4.92 Å². The minimum Gasteiger partial charge on any atom is -0.492 e. The predicted molar refractivity (Wildman–Crippen MR) is 77.6 cm³/mol. The Labute approximate surface area is 120 Å². The van der Waals surface area contributed by atoms with Gasteiger partial charge >= 0.3 is 0 Å². The van der Waals surface area contributed by atoms with Gasteiger partial charge in [0.25, 0.3) is 5.69 Å². The zero-order valence-electron chi connectivity index (χ0n) is 11.2. The van der Waals surface area contributed by atoms with Gasteiger partial charge in [0.1, 0.15) is 0 Å². The fourth-order valence-corrected chi connectivity index (χ4v) is 2.09. The number of nitro benzene ring substituents is 1. The second kappa shape index (κ2) is 5.16. The summed E-state index contributed by atoms with van der Waals surface area (Å²) < 4.78 is 6.75. The van der Waals surface area contributed by atoms with Crippen LogP contribution in [0.25, 0.3) is 10.9 Å². The summed E-state index contributed by atoms with van der Waals surface area (Å²) in [5, 5.41) is 11.8. The van der Waals surface area contributed by atoms with Crippen LogP contribution in [0.2, 0.25) is 0 Å². The number of fused-ring (bicyclic) bond motifs is 1. The molecule has 0 N–H and O–H groups in total. The number of para-hydroxylation sites is 1. The van der Waals surface area contributed by atoms with E-state index >= 15 is 0 Å². The molecule has 0 amide bonds. The van der Waals surface area contributed by atoms with Gasteiger partial charge in [0.05, 0.1) is 23.6 Å². The Hall–Kier alpha value is -3.02. The number of non-ortho nitro benzene ring substituents is 1. The molecule has 0 aliphatic carbocycles. The molecule has 3 aromatic rings. The number of benzene rings is 2. The number of nitrogens with zero attached hydrogens (tertiary/aromatic N) is 2. The maximum absolute atomic E-state index is 10.8. The molecular formula is C15H12N2O4. The molecule has 1 aromatic heterocycles. The Kier molecular flexibility index (Phi) is 3.19. The maximum Gasteiger partial charge on any atom is 0.273 e. The van der Waals surface area contributed by atoms with Gasteiger partial charge in [-0.3, -0.25) is 10.1 Å². The highest BCUT2D eigenvalue weighted by Crippen LogP contribution is 2.32. The molecule has 6 nitrogen and oxygen atoms in total. The zero-order valence-corrected chi connectivity index (χ0v) is 11.2. The molecule has 0 bridgehead atoms. The molecule has 0 atom stereocenters. The molecule has 0 fully saturated rings. The SMILES string of the molecule is COc1cc([N+](=O)[O-])ccc1On1ccc2ccccc21. The van der Waals surface area contributed by atoms with E-state index in [-0.39, 0.29) is 5.69 Å². The van der Waals surface area contributed by atoms with E-state index in [4.69, 9.17) is 9.57 Å².